The van der Waals surface area contributed by atoms with Crippen molar-refractivity contribution in [1.82, 2.24) is 9.97 Å². The zero-order valence-corrected chi connectivity index (χ0v) is 20.7. The topological polar surface area (TPSA) is 124 Å². The van der Waals surface area contributed by atoms with E-state index in [0.29, 0.717) is 38.0 Å². The zero-order valence-electron chi connectivity index (χ0n) is 20.7. The maximum absolute atomic E-state index is 13.1. The first-order valence-electron chi connectivity index (χ1n) is 12.4. The molecule has 0 radical (unpaired) electrons. The number of amides is 2. The summed E-state index contributed by atoms with van der Waals surface area (Å²) in [7, 11) is 0. The van der Waals surface area contributed by atoms with Gasteiger partial charge >= 0.3 is 0 Å². The smallest absolute Gasteiger partial charge is 0.230 e. The number of nitrogens with two attached hydrogens (primary N) is 2. The first kappa shape index (κ1) is 25.7. The second-order valence-electron chi connectivity index (χ2n) is 9.20. The second-order valence-corrected chi connectivity index (χ2v) is 9.20. The minimum atomic E-state index is -1.32. The van der Waals surface area contributed by atoms with Crippen LogP contribution < -0.4 is 16.2 Å². The Bertz CT molecular complexity index is 1280. The number of carbonyl (C=O) groups is 2. The molecule has 4 rings (SSSR count). The molecule has 2 atom stereocenters. The molecule has 3 aromatic carbocycles. The number of primary amides is 2. The Hall–Kier alpha value is -4.39. The molecule has 0 bridgehead atoms. The highest BCUT2D eigenvalue weighted by Gasteiger charge is 2.49. The lowest BCUT2D eigenvalue weighted by atomic mass is 9.66. The van der Waals surface area contributed by atoms with Crippen molar-refractivity contribution in [1.29, 1.82) is 0 Å². The number of benzene rings is 3. The van der Waals surface area contributed by atoms with Crippen LogP contribution in [0.4, 0.5) is 0 Å². The third-order valence-electron chi connectivity index (χ3n) is 6.90. The summed E-state index contributed by atoms with van der Waals surface area (Å²) in [6.07, 6.45) is 4.83. The molecule has 2 unspecified atom stereocenters. The van der Waals surface area contributed by atoms with Crippen LogP contribution in [0.15, 0.2) is 97.5 Å². The maximum atomic E-state index is 13.1. The molecular weight excluding hydrogens is 464 g/mol. The molecule has 7 heteroatoms. The molecule has 190 valence electrons. The van der Waals surface area contributed by atoms with E-state index in [1.165, 1.54) is 6.33 Å². The highest BCUT2D eigenvalue weighted by molar-refractivity contribution is 5.93. The molecule has 37 heavy (non-hydrogen) atoms. The number of ether oxygens (including phenoxy) is 1. The highest BCUT2D eigenvalue weighted by Crippen LogP contribution is 2.39. The van der Waals surface area contributed by atoms with Crippen LogP contribution in [0.1, 0.15) is 35.2 Å². The fraction of sp³-hybridized carbons (Fsp3) is 0.233. The van der Waals surface area contributed by atoms with Crippen molar-refractivity contribution in [2.24, 2.45) is 17.4 Å². The fourth-order valence-corrected chi connectivity index (χ4v) is 4.85. The van der Waals surface area contributed by atoms with Gasteiger partial charge in [0.05, 0.1) is 17.9 Å². The van der Waals surface area contributed by atoms with Crippen LogP contribution in [-0.4, -0.2) is 21.8 Å². The summed E-state index contributed by atoms with van der Waals surface area (Å²) in [4.78, 5) is 33.0. The number of imidazole rings is 1. The number of nitrogens with one attached hydrogen (secondary N) is 1. The molecule has 0 aliphatic heterocycles. The molecule has 0 spiro atoms. The average molecular weight is 497 g/mol. The SMILES string of the molecule is NC(=O)C(CCc1ccccc1)C(CCc1ccc(OCc2ccccc2)cc1)(C(N)=O)c1cnc[nH]1. The molecule has 1 aromatic heterocycles. The van der Waals surface area contributed by atoms with Gasteiger partial charge in [-0.25, -0.2) is 4.98 Å². The molecule has 7 nitrogen and oxygen atoms in total. The van der Waals surface area contributed by atoms with Crippen molar-refractivity contribution in [2.45, 2.75) is 37.7 Å². The Labute approximate surface area is 216 Å². The Morgan fingerprint density at radius 2 is 1.46 bits per heavy atom. The Morgan fingerprint density at radius 1 is 0.838 bits per heavy atom. The summed E-state index contributed by atoms with van der Waals surface area (Å²) >= 11 is 0. The van der Waals surface area contributed by atoms with Crippen molar-refractivity contribution in [3.8, 4) is 5.75 Å². The Kier molecular flexibility index (Phi) is 8.36. The van der Waals surface area contributed by atoms with Crippen LogP contribution in [0, 0.1) is 5.92 Å². The lowest BCUT2D eigenvalue weighted by Gasteiger charge is -2.36. The van der Waals surface area contributed by atoms with Crippen LogP contribution in [0.3, 0.4) is 0 Å². The molecule has 0 fully saturated rings. The molecule has 2 amide bonds. The number of hydrogen-bond donors (Lipinski definition) is 3. The largest absolute Gasteiger partial charge is 0.489 e. The Balaban J connectivity index is 1.52. The van der Waals surface area contributed by atoms with Crippen LogP contribution in [0.2, 0.25) is 0 Å². The number of aromatic amines is 1. The van der Waals surface area contributed by atoms with E-state index in [9.17, 15) is 9.59 Å². The van der Waals surface area contributed by atoms with Gasteiger partial charge in [0.2, 0.25) is 11.8 Å². The third-order valence-corrected chi connectivity index (χ3v) is 6.90. The molecule has 1 heterocycles. The van der Waals surface area contributed by atoms with Crippen molar-refractivity contribution in [3.05, 3.63) is 120 Å². The highest BCUT2D eigenvalue weighted by atomic mass is 16.5. The third kappa shape index (κ3) is 6.25. The quantitative estimate of drug-likeness (QED) is 0.258. The first-order valence-corrected chi connectivity index (χ1v) is 12.4. The summed E-state index contributed by atoms with van der Waals surface area (Å²) in [5.41, 5.74) is 14.3. The maximum Gasteiger partial charge on any atom is 0.230 e. The summed E-state index contributed by atoms with van der Waals surface area (Å²) in [6, 6.07) is 27.5. The average Bonchev–Trinajstić information content (AvgIpc) is 3.46. The van der Waals surface area contributed by atoms with E-state index in [4.69, 9.17) is 16.2 Å². The molecule has 5 N–H and O–H groups in total. The van der Waals surface area contributed by atoms with Crippen molar-refractivity contribution in [3.63, 3.8) is 0 Å². The van der Waals surface area contributed by atoms with Gasteiger partial charge in [-0.3, -0.25) is 9.59 Å². The monoisotopic (exact) mass is 496 g/mol. The van der Waals surface area contributed by atoms with Crippen LogP contribution >= 0.6 is 0 Å². The minimum absolute atomic E-state index is 0.303. The van der Waals surface area contributed by atoms with Crippen molar-refractivity contribution in [2.75, 3.05) is 0 Å². The van der Waals surface area contributed by atoms with Gasteiger partial charge in [0.15, 0.2) is 0 Å². The summed E-state index contributed by atoms with van der Waals surface area (Å²) in [5, 5.41) is 0. The van der Waals surface area contributed by atoms with Crippen LogP contribution in [0.5, 0.6) is 5.75 Å². The van der Waals surface area contributed by atoms with E-state index in [0.717, 1.165) is 22.4 Å². The molecule has 0 aliphatic carbocycles. The van der Waals surface area contributed by atoms with Gasteiger partial charge in [-0.2, -0.15) is 0 Å². The van der Waals surface area contributed by atoms with E-state index < -0.39 is 23.1 Å². The molecule has 4 aromatic rings. The number of carbonyl (C=O) groups excluding carboxylic acids is 2. The lowest BCUT2D eigenvalue weighted by molar-refractivity contribution is -0.134. The van der Waals surface area contributed by atoms with Gasteiger partial charge in [0.25, 0.3) is 0 Å². The van der Waals surface area contributed by atoms with Gasteiger partial charge in [-0.15, -0.1) is 0 Å². The van der Waals surface area contributed by atoms with Crippen LogP contribution in [-0.2, 0) is 34.5 Å². The normalized spacial score (nSPS) is 13.4. The van der Waals surface area contributed by atoms with E-state index in [-0.39, 0.29) is 0 Å². The molecular formula is C30H32N4O3. The van der Waals surface area contributed by atoms with E-state index >= 15 is 0 Å². The van der Waals surface area contributed by atoms with Crippen molar-refractivity contribution >= 4 is 11.8 Å². The molecule has 0 aliphatic rings. The number of rotatable bonds is 13. The zero-order chi connectivity index (χ0) is 26.1. The summed E-state index contributed by atoms with van der Waals surface area (Å²) in [6.45, 7) is 0.479. The minimum Gasteiger partial charge on any atom is -0.489 e. The fourth-order valence-electron chi connectivity index (χ4n) is 4.85. The van der Waals surface area contributed by atoms with Gasteiger partial charge in [0.1, 0.15) is 17.8 Å². The lowest BCUT2D eigenvalue weighted by Crippen LogP contribution is -2.52. The van der Waals surface area contributed by atoms with E-state index in [1.54, 1.807) is 6.20 Å². The molecule has 0 saturated heterocycles. The van der Waals surface area contributed by atoms with Gasteiger partial charge in [0, 0.05) is 6.20 Å². The van der Waals surface area contributed by atoms with Crippen LogP contribution in [0.25, 0.3) is 0 Å². The first-order chi connectivity index (χ1) is 18.0. The van der Waals surface area contributed by atoms with Gasteiger partial charge < -0.3 is 21.2 Å². The second kappa shape index (κ2) is 12.0. The molecule has 0 saturated carbocycles. The number of aryl methyl sites for hydroxylation is 2. The summed E-state index contributed by atoms with van der Waals surface area (Å²) in [5.74, 6) is -1.22. The van der Waals surface area contributed by atoms with Gasteiger partial charge in [-0.1, -0.05) is 72.8 Å². The number of hydrogen-bond acceptors (Lipinski definition) is 4. The standard InChI is InChI=1S/C30H32N4O3/c31-28(35)26(16-13-22-7-3-1-4-8-22)30(29(32)36,27-19-33-21-34-27)18-17-23-11-14-25(15-12-23)37-20-24-9-5-2-6-10-24/h1-12,14-15,19,21,26H,13,16-18,20H2,(H2,31,35)(H2,32,36)(H,33,34). The number of aromatic nitrogens is 2. The van der Waals surface area contributed by atoms with Gasteiger partial charge in [-0.05, 0) is 54.5 Å². The predicted octanol–water partition coefficient (Wildman–Crippen LogP) is 4.08. The predicted molar refractivity (Wildman–Crippen MR) is 142 cm³/mol. The van der Waals surface area contributed by atoms with E-state index in [2.05, 4.69) is 9.97 Å². The number of nitrogens with zero attached hydrogens (tertiary/aromatic N) is 1. The van der Waals surface area contributed by atoms with E-state index in [1.807, 2.05) is 84.9 Å². The summed E-state index contributed by atoms with van der Waals surface area (Å²) < 4.78 is 5.88. The number of H-pyrrole nitrogens is 1. The Morgan fingerprint density at radius 3 is 2.03 bits per heavy atom. The van der Waals surface area contributed by atoms with Crippen molar-refractivity contribution < 1.29 is 14.3 Å².